The summed E-state index contributed by atoms with van der Waals surface area (Å²) >= 11 is 0. The molecule has 0 aromatic heterocycles. The van der Waals surface area contributed by atoms with Gasteiger partial charge in [0, 0.05) is 24.9 Å². The Labute approximate surface area is 132 Å². The van der Waals surface area contributed by atoms with Crippen molar-refractivity contribution in [2.24, 2.45) is 0 Å². The van der Waals surface area contributed by atoms with E-state index >= 15 is 0 Å². The van der Waals surface area contributed by atoms with Gasteiger partial charge in [-0.15, -0.1) is 0 Å². The van der Waals surface area contributed by atoms with Crippen LogP contribution in [0.4, 0.5) is 5.69 Å². The van der Waals surface area contributed by atoms with Gasteiger partial charge < -0.3 is 21.1 Å². The molecule has 5 nitrogen and oxygen atoms in total. The van der Waals surface area contributed by atoms with Gasteiger partial charge in [-0.2, -0.15) is 0 Å². The van der Waals surface area contributed by atoms with Gasteiger partial charge in [-0.25, -0.2) is 0 Å². The van der Waals surface area contributed by atoms with E-state index in [2.05, 4.69) is 10.6 Å². The van der Waals surface area contributed by atoms with E-state index in [-0.39, 0.29) is 11.5 Å². The third-order valence-electron chi connectivity index (χ3n) is 4.92. The molecule has 0 atom stereocenters. The summed E-state index contributed by atoms with van der Waals surface area (Å²) in [5.74, 6) is -0.0568. The Morgan fingerprint density at radius 2 is 1.95 bits per heavy atom. The van der Waals surface area contributed by atoms with Gasteiger partial charge in [0.1, 0.15) is 0 Å². The van der Waals surface area contributed by atoms with Crippen LogP contribution in [0.25, 0.3) is 0 Å². The highest BCUT2D eigenvalue weighted by atomic mass is 16.5. The number of methoxy groups -OCH3 is 1. The van der Waals surface area contributed by atoms with Crippen molar-refractivity contribution in [3.63, 3.8) is 0 Å². The van der Waals surface area contributed by atoms with Crippen LogP contribution in [0.3, 0.4) is 0 Å². The number of nitrogens with one attached hydrogen (secondary N) is 2. The Hall–Kier alpha value is -1.59. The van der Waals surface area contributed by atoms with Gasteiger partial charge in [0.15, 0.2) is 0 Å². The van der Waals surface area contributed by atoms with Crippen molar-refractivity contribution in [3.05, 3.63) is 28.3 Å². The van der Waals surface area contributed by atoms with Crippen molar-refractivity contribution in [2.45, 2.75) is 39.2 Å². The maximum Gasteiger partial charge on any atom is 0.251 e. The Kier molecular flexibility index (Phi) is 5.08. The maximum atomic E-state index is 12.6. The van der Waals surface area contributed by atoms with Gasteiger partial charge in [-0.05, 0) is 69.5 Å². The second kappa shape index (κ2) is 6.67. The molecule has 0 spiro atoms. The molecule has 0 unspecified atom stereocenters. The number of carbonyl (C=O) groups is 1. The summed E-state index contributed by atoms with van der Waals surface area (Å²) in [5.41, 5.74) is 10.1. The first-order chi connectivity index (χ1) is 10.4. The molecule has 1 aliphatic heterocycles. The van der Waals surface area contributed by atoms with Crippen molar-refractivity contribution in [1.82, 2.24) is 10.6 Å². The van der Waals surface area contributed by atoms with E-state index in [1.165, 1.54) is 0 Å². The minimum absolute atomic E-state index is 0.0568. The lowest BCUT2D eigenvalue weighted by Crippen LogP contribution is -2.51. The quantitative estimate of drug-likeness (QED) is 0.740. The van der Waals surface area contributed by atoms with Crippen molar-refractivity contribution in [1.29, 1.82) is 0 Å². The topological polar surface area (TPSA) is 76.4 Å². The zero-order valence-electron chi connectivity index (χ0n) is 14.0. The van der Waals surface area contributed by atoms with Crippen LogP contribution in [0.15, 0.2) is 6.07 Å². The molecular formula is C17H27N3O2. The number of anilines is 1. The first-order valence-electron chi connectivity index (χ1n) is 7.80. The zero-order valence-corrected chi connectivity index (χ0v) is 14.0. The molecule has 0 aliphatic carbocycles. The fourth-order valence-electron chi connectivity index (χ4n) is 3.01. The molecule has 1 aromatic carbocycles. The summed E-state index contributed by atoms with van der Waals surface area (Å²) in [7, 11) is 1.72. The highest BCUT2D eigenvalue weighted by molar-refractivity contribution is 5.97. The minimum Gasteiger partial charge on any atom is -0.398 e. The lowest BCUT2D eigenvalue weighted by molar-refractivity contribution is -0.0312. The molecule has 1 fully saturated rings. The van der Waals surface area contributed by atoms with Gasteiger partial charge in [0.2, 0.25) is 0 Å². The van der Waals surface area contributed by atoms with Crippen LogP contribution < -0.4 is 16.4 Å². The lowest BCUT2D eigenvalue weighted by atomic mass is 9.91. The second-order valence-corrected chi connectivity index (χ2v) is 6.22. The lowest BCUT2D eigenvalue weighted by Gasteiger charge is -2.36. The van der Waals surface area contributed by atoms with Gasteiger partial charge in [-0.1, -0.05) is 0 Å². The average molecular weight is 305 g/mol. The Balaban J connectivity index is 2.13. The standard InChI is InChI=1S/C17H27N3O2/c1-11-9-14(12(2)13(3)15(11)18)16(21)20-10-17(22-4)5-7-19-8-6-17/h9,19H,5-8,10,18H2,1-4H3,(H,20,21). The number of amides is 1. The molecule has 1 saturated heterocycles. The normalized spacial score (nSPS) is 17.3. The SMILES string of the molecule is COC1(CNC(=O)c2cc(C)c(N)c(C)c2C)CCNCC1. The van der Waals surface area contributed by atoms with Gasteiger partial charge >= 0.3 is 0 Å². The molecular weight excluding hydrogens is 278 g/mol. The van der Waals surface area contributed by atoms with Crippen LogP contribution in [-0.2, 0) is 4.74 Å². The van der Waals surface area contributed by atoms with Crippen molar-refractivity contribution in [3.8, 4) is 0 Å². The predicted molar refractivity (Wildman–Crippen MR) is 89.2 cm³/mol. The maximum absolute atomic E-state index is 12.6. The predicted octanol–water partition coefficient (Wildman–Crippen LogP) is 1.69. The van der Waals surface area contributed by atoms with E-state index in [1.54, 1.807) is 7.11 Å². The summed E-state index contributed by atoms with van der Waals surface area (Å²) in [6, 6.07) is 1.87. The number of hydrogen-bond acceptors (Lipinski definition) is 4. The molecule has 122 valence electrons. The zero-order chi connectivity index (χ0) is 16.3. The third-order valence-corrected chi connectivity index (χ3v) is 4.92. The summed E-state index contributed by atoms with van der Waals surface area (Å²) in [6.07, 6.45) is 1.81. The molecule has 1 aromatic rings. The van der Waals surface area contributed by atoms with Crippen LogP contribution in [-0.4, -0.2) is 38.3 Å². The largest absolute Gasteiger partial charge is 0.398 e. The molecule has 1 amide bonds. The van der Waals surface area contributed by atoms with Crippen molar-refractivity contribution in [2.75, 3.05) is 32.5 Å². The molecule has 1 aliphatic rings. The van der Waals surface area contributed by atoms with Gasteiger partial charge in [0.05, 0.1) is 5.60 Å². The molecule has 22 heavy (non-hydrogen) atoms. The highest BCUT2D eigenvalue weighted by Crippen LogP contribution is 2.25. The van der Waals surface area contributed by atoms with Crippen molar-refractivity contribution >= 4 is 11.6 Å². The Bertz CT molecular complexity index is 564. The van der Waals surface area contributed by atoms with Crippen LogP contribution in [0.5, 0.6) is 0 Å². The van der Waals surface area contributed by atoms with Crippen LogP contribution in [0.1, 0.15) is 39.9 Å². The van der Waals surface area contributed by atoms with Gasteiger partial charge in [-0.3, -0.25) is 4.79 Å². The van der Waals surface area contributed by atoms with E-state index in [4.69, 9.17) is 10.5 Å². The second-order valence-electron chi connectivity index (χ2n) is 6.22. The Morgan fingerprint density at radius 1 is 1.32 bits per heavy atom. The number of piperidine rings is 1. The number of aryl methyl sites for hydroxylation is 1. The fraction of sp³-hybridized carbons (Fsp3) is 0.588. The smallest absolute Gasteiger partial charge is 0.251 e. The van der Waals surface area contributed by atoms with Crippen LogP contribution in [0.2, 0.25) is 0 Å². The summed E-state index contributed by atoms with van der Waals surface area (Å²) < 4.78 is 5.69. The fourth-order valence-corrected chi connectivity index (χ4v) is 3.01. The number of benzene rings is 1. The van der Waals surface area contributed by atoms with Crippen LogP contribution in [0, 0.1) is 20.8 Å². The minimum atomic E-state index is -0.257. The highest BCUT2D eigenvalue weighted by Gasteiger charge is 2.32. The summed E-state index contributed by atoms with van der Waals surface area (Å²) in [4.78, 5) is 12.6. The van der Waals surface area contributed by atoms with Gasteiger partial charge in [0.25, 0.3) is 5.91 Å². The molecule has 2 rings (SSSR count). The first kappa shape index (κ1) is 16.8. The number of carbonyl (C=O) groups excluding carboxylic acids is 1. The van der Waals surface area contributed by atoms with Crippen molar-refractivity contribution < 1.29 is 9.53 Å². The summed E-state index contributed by atoms with van der Waals surface area (Å²) in [5, 5.41) is 6.36. The molecule has 0 radical (unpaired) electrons. The molecule has 4 N–H and O–H groups in total. The monoisotopic (exact) mass is 305 g/mol. The van der Waals surface area contributed by atoms with Crippen LogP contribution >= 0.6 is 0 Å². The number of rotatable bonds is 4. The number of ether oxygens (including phenoxy) is 1. The van der Waals surface area contributed by atoms with E-state index in [9.17, 15) is 4.79 Å². The number of nitrogens with two attached hydrogens (primary N) is 1. The summed E-state index contributed by atoms with van der Waals surface area (Å²) in [6.45, 7) is 8.20. The number of hydrogen-bond donors (Lipinski definition) is 3. The Morgan fingerprint density at radius 3 is 2.55 bits per heavy atom. The van der Waals surface area contributed by atoms with E-state index < -0.39 is 0 Å². The van der Waals surface area contributed by atoms with E-state index in [0.717, 1.165) is 48.3 Å². The average Bonchev–Trinajstić information content (AvgIpc) is 2.55. The molecule has 1 heterocycles. The van der Waals surface area contributed by atoms with E-state index in [1.807, 2.05) is 26.8 Å². The molecule has 0 bridgehead atoms. The van der Waals surface area contributed by atoms with E-state index in [0.29, 0.717) is 12.1 Å². The molecule has 5 heteroatoms. The number of nitrogen functional groups attached to an aromatic ring is 1. The third kappa shape index (κ3) is 3.25. The first-order valence-corrected chi connectivity index (χ1v) is 7.80. The molecule has 0 saturated carbocycles.